The second kappa shape index (κ2) is 8.01. The minimum Gasteiger partial charge on any atom is -0.376 e. The third kappa shape index (κ3) is 4.61. The van der Waals surface area contributed by atoms with Gasteiger partial charge < -0.3 is 19.4 Å². The lowest BCUT2D eigenvalue weighted by Crippen LogP contribution is -2.39. The summed E-state index contributed by atoms with van der Waals surface area (Å²) in [6, 6.07) is 8.12. The first-order valence-corrected chi connectivity index (χ1v) is 8.43. The number of rotatable bonds is 4. The molecule has 0 spiro atoms. The fraction of sp³-hybridized carbons (Fsp3) is 0.294. The molecule has 1 aromatic heterocycles. The van der Waals surface area contributed by atoms with E-state index in [-0.39, 0.29) is 18.1 Å². The number of carbonyl (C=O) groups excluding carboxylic acids is 1. The van der Waals surface area contributed by atoms with Crippen molar-refractivity contribution in [3.8, 4) is 0 Å². The van der Waals surface area contributed by atoms with Crippen LogP contribution in [0.3, 0.4) is 0 Å². The first-order valence-electron chi connectivity index (χ1n) is 7.67. The van der Waals surface area contributed by atoms with Crippen molar-refractivity contribution in [2.75, 3.05) is 25.1 Å². The molecule has 1 N–H and O–H groups in total. The van der Waals surface area contributed by atoms with E-state index in [0.717, 1.165) is 5.56 Å². The van der Waals surface area contributed by atoms with Crippen molar-refractivity contribution >= 4 is 34.8 Å². The molecule has 3 rings (SSSR count). The molecule has 0 radical (unpaired) electrons. The molecule has 2 aromatic rings. The lowest BCUT2D eigenvalue weighted by Gasteiger charge is -2.22. The predicted octanol–water partition coefficient (Wildman–Crippen LogP) is 2.56. The Balaban J connectivity index is 1.74. The molecule has 1 aromatic carbocycles. The van der Waals surface area contributed by atoms with E-state index in [4.69, 9.17) is 32.7 Å². The van der Waals surface area contributed by atoms with Crippen molar-refractivity contribution in [1.29, 1.82) is 0 Å². The Labute approximate surface area is 154 Å². The van der Waals surface area contributed by atoms with Crippen LogP contribution in [0.2, 0.25) is 10.0 Å². The predicted molar refractivity (Wildman–Crippen MR) is 95.5 cm³/mol. The number of amides is 1. The van der Waals surface area contributed by atoms with E-state index in [1.54, 1.807) is 30.5 Å². The number of pyridine rings is 1. The Morgan fingerprint density at radius 3 is 2.76 bits per heavy atom. The van der Waals surface area contributed by atoms with Gasteiger partial charge in [0.25, 0.3) is 11.5 Å². The number of benzene rings is 1. The maximum absolute atomic E-state index is 12.2. The molecule has 6 nitrogen and oxygen atoms in total. The molecular weight excluding hydrogens is 367 g/mol. The summed E-state index contributed by atoms with van der Waals surface area (Å²) in [5, 5.41) is 3.61. The van der Waals surface area contributed by atoms with Gasteiger partial charge in [-0.15, -0.1) is 0 Å². The highest BCUT2D eigenvalue weighted by atomic mass is 35.5. The van der Waals surface area contributed by atoms with Crippen LogP contribution in [0.1, 0.15) is 5.56 Å². The number of nitrogens with zero attached hydrogens (tertiary/aromatic N) is 1. The smallest absolute Gasteiger partial charge is 0.255 e. The Kier molecular flexibility index (Phi) is 5.75. The van der Waals surface area contributed by atoms with Gasteiger partial charge in [-0.05, 0) is 23.8 Å². The van der Waals surface area contributed by atoms with Gasteiger partial charge in [0, 0.05) is 12.3 Å². The van der Waals surface area contributed by atoms with Crippen molar-refractivity contribution in [2.24, 2.45) is 0 Å². The fourth-order valence-corrected chi connectivity index (χ4v) is 2.75. The number of nitrogens with one attached hydrogen (secondary N) is 1. The summed E-state index contributed by atoms with van der Waals surface area (Å²) in [7, 11) is 0. The van der Waals surface area contributed by atoms with Gasteiger partial charge >= 0.3 is 0 Å². The van der Waals surface area contributed by atoms with E-state index < -0.39 is 6.10 Å². The van der Waals surface area contributed by atoms with Crippen LogP contribution in [0.5, 0.6) is 0 Å². The van der Waals surface area contributed by atoms with E-state index in [1.807, 2.05) is 0 Å². The largest absolute Gasteiger partial charge is 0.376 e. The first-order chi connectivity index (χ1) is 12.0. The third-order valence-corrected chi connectivity index (χ3v) is 4.44. The standard InChI is InChI=1S/C17H16Cl2N2O4/c18-13-3-1-11(7-14(13)19)8-21-9-12(2-4-16(21)22)20-17(23)15-10-24-5-6-25-15/h1-4,7,9,15H,5-6,8,10H2,(H,20,23)/t15-/m1/s1. The maximum atomic E-state index is 12.2. The summed E-state index contributed by atoms with van der Waals surface area (Å²) >= 11 is 11.9. The first kappa shape index (κ1) is 17.9. The van der Waals surface area contributed by atoms with E-state index in [9.17, 15) is 9.59 Å². The van der Waals surface area contributed by atoms with E-state index in [2.05, 4.69) is 5.32 Å². The average Bonchev–Trinajstić information content (AvgIpc) is 2.62. The second-order valence-electron chi connectivity index (χ2n) is 5.56. The number of carbonyl (C=O) groups is 1. The summed E-state index contributed by atoms with van der Waals surface area (Å²) < 4.78 is 12.1. The number of ether oxygens (including phenoxy) is 2. The lowest BCUT2D eigenvalue weighted by molar-refractivity contribution is -0.142. The van der Waals surface area contributed by atoms with Gasteiger partial charge in [-0.2, -0.15) is 0 Å². The van der Waals surface area contributed by atoms with Crippen molar-refractivity contribution in [1.82, 2.24) is 4.57 Å². The summed E-state index contributed by atoms with van der Waals surface area (Å²) in [6.45, 7) is 1.39. The number of aromatic nitrogens is 1. The van der Waals surface area contributed by atoms with Gasteiger partial charge in [0.2, 0.25) is 0 Å². The summed E-state index contributed by atoms with van der Waals surface area (Å²) in [6.07, 6.45) is 0.927. The highest BCUT2D eigenvalue weighted by Crippen LogP contribution is 2.23. The highest BCUT2D eigenvalue weighted by molar-refractivity contribution is 6.42. The fourth-order valence-electron chi connectivity index (χ4n) is 2.43. The van der Waals surface area contributed by atoms with Crippen molar-refractivity contribution in [3.05, 3.63) is 62.5 Å². The lowest BCUT2D eigenvalue weighted by atomic mass is 10.2. The van der Waals surface area contributed by atoms with E-state index in [0.29, 0.717) is 35.5 Å². The number of hydrogen-bond acceptors (Lipinski definition) is 4. The minimum absolute atomic E-state index is 0.193. The molecule has 1 amide bonds. The van der Waals surface area contributed by atoms with Gasteiger partial charge in [-0.1, -0.05) is 29.3 Å². The van der Waals surface area contributed by atoms with Crippen LogP contribution >= 0.6 is 23.2 Å². The highest BCUT2D eigenvalue weighted by Gasteiger charge is 2.22. The molecule has 1 aliphatic rings. The van der Waals surface area contributed by atoms with Gasteiger partial charge in [-0.3, -0.25) is 9.59 Å². The SMILES string of the molecule is O=C(Nc1ccc(=O)n(Cc2ccc(Cl)c(Cl)c2)c1)[C@H]1COCCO1. The quantitative estimate of drug-likeness (QED) is 0.881. The summed E-state index contributed by atoms with van der Waals surface area (Å²) in [5.74, 6) is -0.306. The second-order valence-corrected chi connectivity index (χ2v) is 6.37. The molecular formula is C17H16Cl2N2O4. The van der Waals surface area contributed by atoms with Crippen LogP contribution in [0.25, 0.3) is 0 Å². The van der Waals surface area contributed by atoms with Gasteiger partial charge in [0.05, 0.1) is 42.1 Å². The minimum atomic E-state index is -0.649. The average molecular weight is 383 g/mol. The van der Waals surface area contributed by atoms with Gasteiger partial charge in [0.1, 0.15) is 0 Å². The van der Waals surface area contributed by atoms with Crippen LogP contribution in [-0.2, 0) is 20.8 Å². The molecule has 0 bridgehead atoms. The molecule has 1 fully saturated rings. The normalized spacial score (nSPS) is 17.3. The Morgan fingerprint density at radius 2 is 2.04 bits per heavy atom. The Bertz CT molecular complexity index is 832. The van der Waals surface area contributed by atoms with Crippen molar-refractivity contribution in [2.45, 2.75) is 12.6 Å². The Hall–Kier alpha value is -1.86. The molecule has 132 valence electrons. The van der Waals surface area contributed by atoms with Crippen molar-refractivity contribution in [3.63, 3.8) is 0 Å². The van der Waals surface area contributed by atoms with Gasteiger partial charge in [-0.25, -0.2) is 0 Å². The molecule has 1 atom stereocenters. The van der Waals surface area contributed by atoms with Crippen molar-refractivity contribution < 1.29 is 14.3 Å². The van der Waals surface area contributed by atoms with Crippen LogP contribution < -0.4 is 10.9 Å². The number of anilines is 1. The third-order valence-electron chi connectivity index (χ3n) is 3.70. The van der Waals surface area contributed by atoms with Gasteiger partial charge in [0.15, 0.2) is 6.10 Å². The monoisotopic (exact) mass is 382 g/mol. The molecule has 0 unspecified atom stereocenters. The van der Waals surface area contributed by atoms with E-state index >= 15 is 0 Å². The molecule has 1 aliphatic heterocycles. The Morgan fingerprint density at radius 1 is 1.20 bits per heavy atom. The zero-order valence-corrected chi connectivity index (χ0v) is 14.7. The van der Waals surface area contributed by atoms with E-state index in [1.165, 1.54) is 10.6 Å². The molecule has 0 saturated carbocycles. The molecule has 1 saturated heterocycles. The zero-order chi connectivity index (χ0) is 17.8. The summed E-state index contributed by atoms with van der Waals surface area (Å²) in [4.78, 5) is 24.2. The number of hydrogen-bond donors (Lipinski definition) is 1. The zero-order valence-electron chi connectivity index (χ0n) is 13.2. The van der Waals surface area contributed by atoms with Crippen LogP contribution in [0, 0.1) is 0 Å². The maximum Gasteiger partial charge on any atom is 0.255 e. The summed E-state index contributed by atoms with van der Waals surface area (Å²) in [5.41, 5.74) is 1.13. The molecule has 2 heterocycles. The number of halogens is 2. The van der Waals surface area contributed by atoms with Crippen LogP contribution in [-0.4, -0.2) is 36.4 Å². The van der Waals surface area contributed by atoms with Crippen LogP contribution in [0.15, 0.2) is 41.3 Å². The topological polar surface area (TPSA) is 69.6 Å². The molecule has 25 heavy (non-hydrogen) atoms. The van der Waals surface area contributed by atoms with Crippen LogP contribution in [0.4, 0.5) is 5.69 Å². The molecule has 8 heteroatoms. The molecule has 0 aliphatic carbocycles.